The standard InChI is InChI=1S/C25H36ClN7O2/c1-3-19-17-20(32-12-10-31(2)11-13-32)5-6-22(19)29-25-28-18-21(26)24(30-25)27-8-4-9-33-14-16-35-15-7-23(33)34/h5-6,17-18H,3-4,7-16H2,1-2H3,(H2,27,28,29,30). The lowest BCUT2D eigenvalue weighted by molar-refractivity contribution is -0.130. The molecule has 1 aromatic carbocycles. The Labute approximate surface area is 212 Å². The third kappa shape index (κ3) is 6.96. The van der Waals surface area contributed by atoms with E-state index in [0.29, 0.717) is 56.1 Å². The van der Waals surface area contributed by atoms with Crippen molar-refractivity contribution in [1.29, 1.82) is 0 Å². The Morgan fingerprint density at radius 2 is 1.97 bits per heavy atom. The number of carbonyl (C=O) groups is 1. The van der Waals surface area contributed by atoms with Crippen molar-refractivity contribution in [2.24, 2.45) is 0 Å². The largest absolute Gasteiger partial charge is 0.379 e. The highest BCUT2D eigenvalue weighted by Gasteiger charge is 2.17. The molecule has 1 amide bonds. The second kappa shape index (κ2) is 12.4. The molecule has 2 aliphatic rings. The second-order valence-corrected chi connectivity index (χ2v) is 9.43. The molecular weight excluding hydrogens is 466 g/mol. The van der Waals surface area contributed by atoms with Gasteiger partial charge in [-0.25, -0.2) is 4.98 Å². The lowest BCUT2D eigenvalue weighted by atomic mass is 10.1. The molecule has 0 bridgehead atoms. The van der Waals surface area contributed by atoms with Crippen LogP contribution in [0.25, 0.3) is 0 Å². The van der Waals surface area contributed by atoms with Gasteiger partial charge in [-0.2, -0.15) is 4.98 Å². The number of piperazine rings is 1. The summed E-state index contributed by atoms with van der Waals surface area (Å²) in [5.41, 5.74) is 3.48. The van der Waals surface area contributed by atoms with Gasteiger partial charge >= 0.3 is 0 Å². The molecule has 2 N–H and O–H groups in total. The first-order valence-electron chi connectivity index (χ1n) is 12.5. The van der Waals surface area contributed by atoms with Crippen LogP contribution in [-0.2, 0) is 16.0 Å². The summed E-state index contributed by atoms with van der Waals surface area (Å²) < 4.78 is 5.38. The lowest BCUT2D eigenvalue weighted by Crippen LogP contribution is -2.44. The van der Waals surface area contributed by atoms with Crippen molar-refractivity contribution in [3.8, 4) is 0 Å². The Morgan fingerprint density at radius 1 is 1.14 bits per heavy atom. The van der Waals surface area contributed by atoms with Gasteiger partial charge in [-0.05, 0) is 43.7 Å². The summed E-state index contributed by atoms with van der Waals surface area (Å²) in [5, 5.41) is 7.13. The van der Waals surface area contributed by atoms with E-state index in [4.69, 9.17) is 16.3 Å². The zero-order valence-corrected chi connectivity index (χ0v) is 21.5. The maximum atomic E-state index is 12.1. The summed E-state index contributed by atoms with van der Waals surface area (Å²) in [6.07, 6.45) is 3.76. The fourth-order valence-electron chi connectivity index (χ4n) is 4.36. The highest BCUT2D eigenvalue weighted by atomic mass is 35.5. The molecule has 0 saturated carbocycles. The molecule has 3 heterocycles. The van der Waals surface area contributed by atoms with E-state index in [2.05, 4.69) is 62.6 Å². The summed E-state index contributed by atoms with van der Waals surface area (Å²) in [5.74, 6) is 1.24. The minimum absolute atomic E-state index is 0.152. The van der Waals surface area contributed by atoms with Gasteiger partial charge in [0.2, 0.25) is 11.9 Å². The van der Waals surface area contributed by atoms with Crippen LogP contribution in [0, 0.1) is 0 Å². The third-order valence-corrected chi connectivity index (χ3v) is 6.82. The van der Waals surface area contributed by atoms with Crippen molar-refractivity contribution in [3.05, 3.63) is 35.0 Å². The van der Waals surface area contributed by atoms with E-state index < -0.39 is 0 Å². The fourth-order valence-corrected chi connectivity index (χ4v) is 4.52. The van der Waals surface area contributed by atoms with Crippen LogP contribution in [0.15, 0.2) is 24.4 Å². The van der Waals surface area contributed by atoms with Crippen LogP contribution in [0.4, 0.5) is 23.1 Å². The van der Waals surface area contributed by atoms with Crippen molar-refractivity contribution < 1.29 is 9.53 Å². The number of ether oxygens (including phenoxy) is 1. The van der Waals surface area contributed by atoms with Crippen LogP contribution < -0.4 is 15.5 Å². The Hall–Kier alpha value is -2.62. The molecule has 2 aliphatic heterocycles. The van der Waals surface area contributed by atoms with Crippen LogP contribution in [-0.4, -0.2) is 91.7 Å². The van der Waals surface area contributed by atoms with Gasteiger partial charge in [0, 0.05) is 57.2 Å². The minimum Gasteiger partial charge on any atom is -0.379 e. The molecule has 9 nitrogen and oxygen atoms in total. The summed E-state index contributed by atoms with van der Waals surface area (Å²) in [6, 6.07) is 6.54. The highest BCUT2D eigenvalue weighted by Crippen LogP contribution is 2.28. The van der Waals surface area contributed by atoms with Crippen LogP contribution in [0.2, 0.25) is 5.02 Å². The lowest BCUT2D eigenvalue weighted by Gasteiger charge is -2.34. The van der Waals surface area contributed by atoms with Crippen molar-refractivity contribution in [1.82, 2.24) is 19.8 Å². The smallest absolute Gasteiger partial charge is 0.229 e. The van der Waals surface area contributed by atoms with Crippen molar-refractivity contribution in [2.75, 3.05) is 81.6 Å². The number of likely N-dealkylation sites (N-methyl/N-ethyl adjacent to an activating group) is 1. The van der Waals surface area contributed by atoms with E-state index >= 15 is 0 Å². The van der Waals surface area contributed by atoms with E-state index in [1.807, 2.05) is 4.90 Å². The second-order valence-electron chi connectivity index (χ2n) is 9.02. The molecule has 10 heteroatoms. The number of hydrogen-bond acceptors (Lipinski definition) is 8. The minimum atomic E-state index is 0.152. The summed E-state index contributed by atoms with van der Waals surface area (Å²) in [6.45, 7) is 9.50. The van der Waals surface area contributed by atoms with Gasteiger partial charge < -0.3 is 30.1 Å². The SMILES string of the molecule is CCc1cc(N2CCN(C)CC2)ccc1Nc1ncc(Cl)c(NCCCN2CCOCCC2=O)n1. The predicted molar refractivity (Wildman–Crippen MR) is 141 cm³/mol. The fraction of sp³-hybridized carbons (Fsp3) is 0.560. The van der Waals surface area contributed by atoms with E-state index in [1.165, 1.54) is 11.3 Å². The molecule has 2 fully saturated rings. The number of aryl methyl sites for hydroxylation is 1. The zero-order valence-electron chi connectivity index (χ0n) is 20.7. The summed E-state index contributed by atoms with van der Waals surface area (Å²) in [7, 11) is 2.17. The number of amides is 1. The van der Waals surface area contributed by atoms with Crippen molar-refractivity contribution >= 4 is 40.6 Å². The molecule has 0 atom stereocenters. The van der Waals surface area contributed by atoms with Gasteiger partial charge in [0.05, 0.1) is 25.8 Å². The third-order valence-electron chi connectivity index (χ3n) is 6.54. The predicted octanol–water partition coefficient (Wildman–Crippen LogP) is 3.24. The first-order valence-corrected chi connectivity index (χ1v) is 12.9. The van der Waals surface area contributed by atoms with Gasteiger partial charge in [-0.1, -0.05) is 18.5 Å². The number of aromatic nitrogens is 2. The maximum absolute atomic E-state index is 12.1. The number of hydrogen-bond donors (Lipinski definition) is 2. The zero-order chi connectivity index (χ0) is 24.6. The summed E-state index contributed by atoms with van der Waals surface area (Å²) >= 11 is 6.34. The molecule has 0 spiro atoms. The van der Waals surface area contributed by atoms with Crippen LogP contribution >= 0.6 is 11.6 Å². The normalized spacial score (nSPS) is 17.4. The monoisotopic (exact) mass is 501 g/mol. The number of benzene rings is 1. The number of halogens is 1. The molecule has 35 heavy (non-hydrogen) atoms. The van der Waals surface area contributed by atoms with Gasteiger partial charge in [0.15, 0.2) is 0 Å². The van der Waals surface area contributed by atoms with E-state index in [1.54, 1.807) is 6.20 Å². The molecule has 2 aromatic rings. The van der Waals surface area contributed by atoms with E-state index in [0.717, 1.165) is 44.7 Å². The van der Waals surface area contributed by atoms with Gasteiger partial charge in [-0.3, -0.25) is 4.79 Å². The first-order chi connectivity index (χ1) is 17.0. The molecule has 0 aliphatic carbocycles. The van der Waals surface area contributed by atoms with Gasteiger partial charge in [0.1, 0.15) is 10.8 Å². The molecule has 0 unspecified atom stereocenters. The maximum Gasteiger partial charge on any atom is 0.229 e. The van der Waals surface area contributed by atoms with Crippen LogP contribution in [0.1, 0.15) is 25.3 Å². The average Bonchev–Trinajstić information content (AvgIpc) is 3.08. The van der Waals surface area contributed by atoms with Crippen LogP contribution in [0.5, 0.6) is 0 Å². The highest BCUT2D eigenvalue weighted by molar-refractivity contribution is 6.32. The number of nitrogens with zero attached hydrogens (tertiary/aromatic N) is 5. The topological polar surface area (TPSA) is 85.9 Å². The number of nitrogens with one attached hydrogen (secondary N) is 2. The number of carbonyl (C=O) groups excluding carboxylic acids is 1. The Balaban J connectivity index is 1.35. The molecule has 190 valence electrons. The quantitative estimate of drug-likeness (QED) is 0.506. The van der Waals surface area contributed by atoms with Crippen molar-refractivity contribution in [2.45, 2.75) is 26.2 Å². The Bertz CT molecular complexity index is 998. The van der Waals surface area contributed by atoms with Gasteiger partial charge in [0.25, 0.3) is 0 Å². The molecule has 4 rings (SSSR count). The van der Waals surface area contributed by atoms with Gasteiger partial charge in [-0.15, -0.1) is 0 Å². The van der Waals surface area contributed by atoms with E-state index in [-0.39, 0.29) is 5.91 Å². The first kappa shape index (κ1) is 25.5. The number of rotatable bonds is 9. The van der Waals surface area contributed by atoms with E-state index in [9.17, 15) is 4.79 Å². The molecule has 1 aromatic heterocycles. The Morgan fingerprint density at radius 3 is 2.77 bits per heavy atom. The van der Waals surface area contributed by atoms with Crippen LogP contribution in [0.3, 0.4) is 0 Å². The Kier molecular flexibility index (Phi) is 9.01. The molecule has 2 saturated heterocycles. The average molecular weight is 502 g/mol. The molecule has 0 radical (unpaired) electrons. The van der Waals surface area contributed by atoms with Crippen molar-refractivity contribution in [3.63, 3.8) is 0 Å². The summed E-state index contributed by atoms with van der Waals surface area (Å²) in [4.78, 5) is 27.7. The molecular formula is C25H36ClN7O2. The number of anilines is 4.